The molecule has 1 atom stereocenters. The zero-order valence-electron chi connectivity index (χ0n) is 13.7. The largest absolute Gasteiger partial charge is 0.264 e. The molecule has 1 unspecified atom stereocenters. The maximum atomic E-state index is 13.2. The van der Waals surface area contributed by atoms with Gasteiger partial charge in [0, 0.05) is 6.07 Å². The van der Waals surface area contributed by atoms with E-state index in [9.17, 15) is 21.2 Å². The summed E-state index contributed by atoms with van der Waals surface area (Å²) in [6.07, 6.45) is 0.383. The third-order valence-corrected chi connectivity index (χ3v) is 7.34. The van der Waals surface area contributed by atoms with Gasteiger partial charge in [-0.2, -0.15) is 5.10 Å². The Morgan fingerprint density at radius 3 is 2.60 bits per heavy atom. The summed E-state index contributed by atoms with van der Waals surface area (Å²) in [6.45, 7) is 3.20. The fourth-order valence-electron chi connectivity index (χ4n) is 2.95. The minimum atomic E-state index is -3.96. The summed E-state index contributed by atoms with van der Waals surface area (Å²) < 4.78 is 65.8. The molecule has 0 bridgehead atoms. The minimum absolute atomic E-state index is 0.0432. The highest BCUT2D eigenvalue weighted by molar-refractivity contribution is 7.92. The first-order valence-corrected chi connectivity index (χ1v) is 10.9. The molecular formula is C15H18FN3O4S2. The number of nitrogens with zero attached hydrogens (tertiary/aromatic N) is 2. The summed E-state index contributed by atoms with van der Waals surface area (Å²) >= 11 is 0. The topological polar surface area (TPSA) is 98.1 Å². The number of halogens is 1. The van der Waals surface area contributed by atoms with Gasteiger partial charge in [-0.25, -0.2) is 25.9 Å². The molecule has 1 aromatic carbocycles. The monoisotopic (exact) mass is 387 g/mol. The predicted molar refractivity (Wildman–Crippen MR) is 91.2 cm³/mol. The lowest BCUT2D eigenvalue weighted by Gasteiger charge is -2.15. The number of anilines is 1. The summed E-state index contributed by atoms with van der Waals surface area (Å²) in [6, 6.07) is 4.54. The number of sulfonamides is 1. The first kappa shape index (κ1) is 17.9. The Kier molecular flexibility index (Phi) is 4.36. The molecule has 1 N–H and O–H groups in total. The highest BCUT2D eigenvalue weighted by atomic mass is 32.2. The molecular weight excluding hydrogens is 369 g/mol. The van der Waals surface area contributed by atoms with Crippen LogP contribution in [0.2, 0.25) is 0 Å². The van der Waals surface area contributed by atoms with Gasteiger partial charge in [-0.15, -0.1) is 0 Å². The maximum Gasteiger partial charge on any atom is 0.263 e. The molecule has 0 radical (unpaired) electrons. The second kappa shape index (κ2) is 6.10. The molecule has 2 aromatic rings. The van der Waals surface area contributed by atoms with Crippen LogP contribution in [0.5, 0.6) is 0 Å². The number of aromatic nitrogens is 2. The van der Waals surface area contributed by atoms with Crippen LogP contribution in [-0.2, 0) is 19.9 Å². The Bertz CT molecular complexity index is 1030. The molecule has 10 heteroatoms. The van der Waals surface area contributed by atoms with E-state index in [1.165, 1.54) is 17.7 Å². The Balaban J connectivity index is 1.95. The van der Waals surface area contributed by atoms with Crippen molar-refractivity contribution in [2.24, 2.45) is 0 Å². The lowest BCUT2D eigenvalue weighted by molar-refractivity contribution is 0.503. The minimum Gasteiger partial charge on any atom is -0.264 e. The van der Waals surface area contributed by atoms with E-state index in [1.807, 2.05) is 0 Å². The summed E-state index contributed by atoms with van der Waals surface area (Å²) in [5.74, 6) is -0.338. The van der Waals surface area contributed by atoms with Crippen LogP contribution in [-0.4, -0.2) is 38.1 Å². The molecule has 0 saturated carbocycles. The van der Waals surface area contributed by atoms with Gasteiger partial charge in [0.05, 0.1) is 28.1 Å². The van der Waals surface area contributed by atoms with E-state index >= 15 is 0 Å². The van der Waals surface area contributed by atoms with Gasteiger partial charge >= 0.3 is 0 Å². The molecule has 2 heterocycles. The maximum absolute atomic E-state index is 13.2. The van der Waals surface area contributed by atoms with Crippen LogP contribution in [0.1, 0.15) is 23.7 Å². The van der Waals surface area contributed by atoms with Crippen LogP contribution in [0, 0.1) is 19.7 Å². The molecule has 1 saturated heterocycles. The highest BCUT2D eigenvalue weighted by Crippen LogP contribution is 2.28. The third kappa shape index (κ3) is 3.69. The molecule has 1 aliphatic heterocycles. The average Bonchev–Trinajstić information content (AvgIpc) is 3.00. The quantitative estimate of drug-likeness (QED) is 0.863. The van der Waals surface area contributed by atoms with Crippen molar-refractivity contribution in [1.82, 2.24) is 9.78 Å². The molecule has 7 nitrogen and oxygen atoms in total. The fraction of sp³-hybridized carbons (Fsp3) is 0.400. The molecule has 1 aliphatic rings. The lowest BCUT2D eigenvalue weighted by Crippen LogP contribution is -2.20. The van der Waals surface area contributed by atoms with Gasteiger partial charge in [0.25, 0.3) is 10.0 Å². The van der Waals surface area contributed by atoms with E-state index in [0.717, 1.165) is 12.1 Å². The highest BCUT2D eigenvalue weighted by Gasteiger charge is 2.32. The zero-order valence-corrected chi connectivity index (χ0v) is 15.4. The molecule has 0 aliphatic carbocycles. The fourth-order valence-corrected chi connectivity index (χ4v) is 5.91. The van der Waals surface area contributed by atoms with Crippen molar-refractivity contribution in [2.45, 2.75) is 31.2 Å². The van der Waals surface area contributed by atoms with Gasteiger partial charge in [-0.05, 0) is 44.0 Å². The third-order valence-electron chi connectivity index (χ3n) is 4.08. The van der Waals surface area contributed by atoms with E-state index < -0.39 is 31.7 Å². The summed E-state index contributed by atoms with van der Waals surface area (Å²) in [5.41, 5.74) is 0.844. The number of benzene rings is 1. The number of hydrogen-bond donors (Lipinski definition) is 1. The van der Waals surface area contributed by atoms with Crippen molar-refractivity contribution in [2.75, 3.05) is 16.2 Å². The Hall–Kier alpha value is -1.94. The van der Waals surface area contributed by atoms with Crippen molar-refractivity contribution < 1.29 is 21.2 Å². The van der Waals surface area contributed by atoms with Crippen molar-refractivity contribution in [3.63, 3.8) is 0 Å². The summed E-state index contributed by atoms with van der Waals surface area (Å²) in [5, 5.41) is 4.24. The molecule has 0 amide bonds. The van der Waals surface area contributed by atoms with Crippen molar-refractivity contribution in [3.05, 3.63) is 41.3 Å². The predicted octanol–water partition coefficient (Wildman–Crippen LogP) is 1.80. The van der Waals surface area contributed by atoms with Crippen LogP contribution in [0.4, 0.5) is 10.2 Å². The first-order valence-electron chi connectivity index (χ1n) is 7.63. The molecule has 1 fully saturated rings. The van der Waals surface area contributed by atoms with Gasteiger partial charge in [0.15, 0.2) is 9.84 Å². The van der Waals surface area contributed by atoms with Crippen LogP contribution < -0.4 is 4.72 Å². The number of sulfone groups is 1. The second-order valence-corrected chi connectivity index (χ2v) is 10.1. The molecule has 1 aromatic heterocycles. The van der Waals surface area contributed by atoms with Crippen LogP contribution in [0.3, 0.4) is 0 Å². The SMILES string of the molecule is Cc1cc(NS(=O)(=O)c2ccc(F)cc2C)n(C2CCS(=O)(=O)C2)n1. The lowest BCUT2D eigenvalue weighted by atomic mass is 10.2. The van der Waals surface area contributed by atoms with Crippen LogP contribution in [0.25, 0.3) is 0 Å². The van der Waals surface area contributed by atoms with Gasteiger partial charge in [-0.1, -0.05) is 0 Å². The number of rotatable bonds is 4. The van der Waals surface area contributed by atoms with Crippen LogP contribution >= 0.6 is 0 Å². The van der Waals surface area contributed by atoms with E-state index in [-0.39, 0.29) is 27.8 Å². The normalized spacial score (nSPS) is 19.9. The van der Waals surface area contributed by atoms with Crippen molar-refractivity contribution >= 4 is 25.7 Å². The van der Waals surface area contributed by atoms with Crippen molar-refractivity contribution in [1.29, 1.82) is 0 Å². The van der Waals surface area contributed by atoms with E-state index in [2.05, 4.69) is 9.82 Å². The summed E-state index contributed by atoms with van der Waals surface area (Å²) in [4.78, 5) is -0.0432. The van der Waals surface area contributed by atoms with E-state index in [4.69, 9.17) is 0 Å². The Morgan fingerprint density at radius 1 is 1.28 bits per heavy atom. The van der Waals surface area contributed by atoms with Gasteiger partial charge in [0.1, 0.15) is 11.6 Å². The van der Waals surface area contributed by atoms with Gasteiger partial charge in [0.2, 0.25) is 0 Å². The van der Waals surface area contributed by atoms with E-state index in [0.29, 0.717) is 12.1 Å². The molecule has 136 valence electrons. The smallest absolute Gasteiger partial charge is 0.263 e. The zero-order chi connectivity index (χ0) is 18.4. The van der Waals surface area contributed by atoms with Gasteiger partial charge < -0.3 is 0 Å². The van der Waals surface area contributed by atoms with E-state index in [1.54, 1.807) is 13.0 Å². The number of nitrogens with one attached hydrogen (secondary N) is 1. The molecule has 3 rings (SSSR count). The molecule has 25 heavy (non-hydrogen) atoms. The van der Waals surface area contributed by atoms with Crippen molar-refractivity contribution in [3.8, 4) is 0 Å². The van der Waals surface area contributed by atoms with Gasteiger partial charge in [-0.3, -0.25) is 4.72 Å². The number of hydrogen-bond acceptors (Lipinski definition) is 5. The standard InChI is InChI=1S/C15H18FN3O4S2/c1-10-7-12(16)3-4-14(10)25(22,23)18-15-8-11(2)17-19(15)13-5-6-24(20,21)9-13/h3-4,7-8,13,18H,5-6,9H2,1-2H3. The second-order valence-electron chi connectivity index (χ2n) is 6.19. The Morgan fingerprint density at radius 2 is 2.00 bits per heavy atom. The number of aryl methyl sites for hydroxylation is 2. The van der Waals surface area contributed by atoms with Crippen LogP contribution in [0.15, 0.2) is 29.2 Å². The Labute approximate surface area is 145 Å². The summed E-state index contributed by atoms with van der Waals surface area (Å²) in [7, 11) is -7.09. The molecule has 0 spiro atoms. The first-order chi connectivity index (χ1) is 11.6. The average molecular weight is 387 g/mol.